The van der Waals surface area contributed by atoms with Crippen LogP contribution in [0.2, 0.25) is 0 Å². The highest BCUT2D eigenvalue weighted by Crippen LogP contribution is 2.17. The molecule has 1 aromatic rings. The van der Waals surface area contributed by atoms with Gasteiger partial charge in [0.05, 0.1) is 0 Å². The van der Waals surface area contributed by atoms with E-state index < -0.39 is 0 Å². The third kappa shape index (κ3) is 1.77. The second kappa shape index (κ2) is 3.80. The van der Waals surface area contributed by atoms with Crippen LogP contribution in [0, 0.1) is 0 Å². The Bertz CT molecular complexity index is 323. The van der Waals surface area contributed by atoms with Crippen molar-refractivity contribution in [2.24, 2.45) is 5.73 Å². The minimum absolute atomic E-state index is 0.0225. The topological polar surface area (TPSA) is 55.1 Å². The Hall–Kier alpha value is -1.35. The molecule has 1 aliphatic rings. The largest absolute Gasteiger partial charge is 0.348 e. The maximum absolute atomic E-state index is 11.6. The molecule has 0 radical (unpaired) electrons. The van der Waals surface area contributed by atoms with Crippen LogP contribution >= 0.6 is 0 Å². The maximum atomic E-state index is 11.6. The summed E-state index contributed by atoms with van der Waals surface area (Å²) in [6, 6.07) is 9.53. The van der Waals surface area contributed by atoms with E-state index in [1.54, 1.807) is 12.1 Å². The molecule has 0 spiro atoms. The van der Waals surface area contributed by atoms with Gasteiger partial charge in [-0.05, 0) is 25.0 Å². The van der Waals surface area contributed by atoms with Crippen LogP contribution in [0.1, 0.15) is 23.2 Å². The first-order valence-corrected chi connectivity index (χ1v) is 4.89. The van der Waals surface area contributed by atoms with Gasteiger partial charge in [-0.15, -0.1) is 0 Å². The first-order chi connectivity index (χ1) is 6.77. The van der Waals surface area contributed by atoms with Gasteiger partial charge in [0.25, 0.3) is 5.91 Å². The lowest BCUT2D eigenvalue weighted by Gasteiger charge is -2.34. The average molecular weight is 190 g/mol. The zero-order chi connectivity index (χ0) is 9.97. The van der Waals surface area contributed by atoms with Gasteiger partial charge in [0.15, 0.2) is 0 Å². The fourth-order valence-electron chi connectivity index (χ4n) is 1.55. The standard InChI is InChI=1S/C11H14N2O/c12-9-6-7-10(9)13-11(14)8-4-2-1-3-5-8/h1-5,9-10H,6-7,12H2,(H,13,14). The van der Waals surface area contributed by atoms with E-state index in [9.17, 15) is 4.79 Å². The van der Waals surface area contributed by atoms with Crippen molar-refractivity contribution in [2.75, 3.05) is 0 Å². The van der Waals surface area contributed by atoms with Crippen molar-refractivity contribution >= 4 is 5.91 Å². The maximum Gasteiger partial charge on any atom is 0.251 e. The minimum atomic E-state index is -0.0225. The molecule has 2 atom stereocenters. The van der Waals surface area contributed by atoms with Gasteiger partial charge >= 0.3 is 0 Å². The molecule has 1 aromatic carbocycles. The summed E-state index contributed by atoms with van der Waals surface area (Å²) in [5.41, 5.74) is 6.43. The second-order valence-corrected chi connectivity index (χ2v) is 3.69. The number of benzene rings is 1. The van der Waals surface area contributed by atoms with Crippen molar-refractivity contribution in [1.82, 2.24) is 5.32 Å². The predicted molar refractivity (Wildman–Crippen MR) is 54.9 cm³/mol. The Morgan fingerprint density at radius 2 is 2.00 bits per heavy atom. The molecule has 2 unspecified atom stereocenters. The van der Waals surface area contributed by atoms with Gasteiger partial charge in [0.1, 0.15) is 0 Å². The summed E-state index contributed by atoms with van der Waals surface area (Å²) in [5.74, 6) is -0.0225. The normalized spacial score (nSPS) is 25.2. The quantitative estimate of drug-likeness (QED) is 0.728. The highest BCUT2D eigenvalue weighted by Gasteiger charge is 2.28. The molecule has 1 saturated carbocycles. The van der Waals surface area contributed by atoms with E-state index in [2.05, 4.69) is 5.32 Å². The Labute approximate surface area is 83.3 Å². The van der Waals surface area contributed by atoms with E-state index in [1.165, 1.54) is 0 Å². The average Bonchev–Trinajstić information content (AvgIpc) is 2.24. The Kier molecular flexibility index (Phi) is 2.50. The number of nitrogens with two attached hydrogens (primary N) is 1. The van der Waals surface area contributed by atoms with Gasteiger partial charge in [0, 0.05) is 17.6 Å². The summed E-state index contributed by atoms with van der Waals surface area (Å²) in [6.45, 7) is 0. The number of rotatable bonds is 2. The minimum Gasteiger partial charge on any atom is -0.348 e. The monoisotopic (exact) mass is 190 g/mol. The highest BCUT2D eigenvalue weighted by atomic mass is 16.1. The molecule has 14 heavy (non-hydrogen) atoms. The molecule has 0 saturated heterocycles. The van der Waals surface area contributed by atoms with Gasteiger partial charge in [0.2, 0.25) is 0 Å². The summed E-state index contributed by atoms with van der Waals surface area (Å²) in [6.07, 6.45) is 2.01. The third-order valence-electron chi connectivity index (χ3n) is 2.68. The van der Waals surface area contributed by atoms with Crippen LogP contribution in [0.4, 0.5) is 0 Å². The van der Waals surface area contributed by atoms with E-state index in [0.717, 1.165) is 12.8 Å². The molecular formula is C11H14N2O. The van der Waals surface area contributed by atoms with E-state index in [0.29, 0.717) is 5.56 Å². The molecule has 0 bridgehead atoms. The molecule has 3 N–H and O–H groups in total. The van der Waals surface area contributed by atoms with Crippen LogP contribution in [-0.2, 0) is 0 Å². The lowest BCUT2D eigenvalue weighted by molar-refractivity contribution is 0.0906. The van der Waals surface area contributed by atoms with Crippen LogP contribution in [0.25, 0.3) is 0 Å². The summed E-state index contributed by atoms with van der Waals surface area (Å²) in [5, 5.41) is 2.92. The van der Waals surface area contributed by atoms with Crippen LogP contribution in [-0.4, -0.2) is 18.0 Å². The number of hydrogen-bond acceptors (Lipinski definition) is 2. The Morgan fingerprint density at radius 1 is 1.29 bits per heavy atom. The smallest absolute Gasteiger partial charge is 0.251 e. The lowest BCUT2D eigenvalue weighted by atomic mass is 9.87. The van der Waals surface area contributed by atoms with Gasteiger partial charge in [-0.3, -0.25) is 4.79 Å². The molecule has 74 valence electrons. The second-order valence-electron chi connectivity index (χ2n) is 3.69. The van der Waals surface area contributed by atoms with E-state index in [1.807, 2.05) is 18.2 Å². The first kappa shape index (κ1) is 9.21. The molecule has 0 aromatic heterocycles. The fourth-order valence-corrected chi connectivity index (χ4v) is 1.55. The molecule has 3 heteroatoms. The number of amides is 1. The Balaban J connectivity index is 1.96. The van der Waals surface area contributed by atoms with Crippen molar-refractivity contribution in [3.63, 3.8) is 0 Å². The summed E-state index contributed by atoms with van der Waals surface area (Å²) >= 11 is 0. The predicted octanol–water partition coefficient (Wildman–Crippen LogP) is 0.906. The number of carbonyl (C=O) groups is 1. The molecule has 1 amide bonds. The van der Waals surface area contributed by atoms with Crippen molar-refractivity contribution in [1.29, 1.82) is 0 Å². The zero-order valence-corrected chi connectivity index (χ0v) is 7.94. The van der Waals surface area contributed by atoms with Crippen molar-refractivity contribution < 1.29 is 4.79 Å². The lowest BCUT2D eigenvalue weighted by Crippen LogP contribution is -2.54. The number of carbonyl (C=O) groups excluding carboxylic acids is 1. The summed E-state index contributed by atoms with van der Waals surface area (Å²) < 4.78 is 0. The van der Waals surface area contributed by atoms with Gasteiger partial charge < -0.3 is 11.1 Å². The van der Waals surface area contributed by atoms with E-state index >= 15 is 0 Å². The summed E-state index contributed by atoms with van der Waals surface area (Å²) in [7, 11) is 0. The molecule has 1 aliphatic carbocycles. The summed E-state index contributed by atoms with van der Waals surface area (Å²) in [4.78, 5) is 11.6. The highest BCUT2D eigenvalue weighted by molar-refractivity contribution is 5.94. The molecule has 0 aliphatic heterocycles. The molecule has 0 heterocycles. The molecular weight excluding hydrogens is 176 g/mol. The van der Waals surface area contributed by atoms with Gasteiger partial charge in [-0.2, -0.15) is 0 Å². The molecule has 2 rings (SSSR count). The van der Waals surface area contributed by atoms with E-state index in [-0.39, 0.29) is 18.0 Å². The van der Waals surface area contributed by atoms with Crippen LogP contribution in [0.5, 0.6) is 0 Å². The van der Waals surface area contributed by atoms with Crippen LogP contribution in [0.3, 0.4) is 0 Å². The number of nitrogens with one attached hydrogen (secondary N) is 1. The third-order valence-corrected chi connectivity index (χ3v) is 2.68. The van der Waals surface area contributed by atoms with Crippen LogP contribution < -0.4 is 11.1 Å². The molecule has 3 nitrogen and oxygen atoms in total. The zero-order valence-electron chi connectivity index (χ0n) is 7.94. The van der Waals surface area contributed by atoms with Crippen molar-refractivity contribution in [3.05, 3.63) is 35.9 Å². The fraction of sp³-hybridized carbons (Fsp3) is 0.364. The number of hydrogen-bond donors (Lipinski definition) is 2. The van der Waals surface area contributed by atoms with E-state index in [4.69, 9.17) is 5.73 Å². The van der Waals surface area contributed by atoms with Gasteiger partial charge in [-0.25, -0.2) is 0 Å². The van der Waals surface area contributed by atoms with Gasteiger partial charge in [-0.1, -0.05) is 18.2 Å². The molecule has 1 fully saturated rings. The first-order valence-electron chi connectivity index (χ1n) is 4.89. The SMILES string of the molecule is NC1CCC1NC(=O)c1ccccc1. The van der Waals surface area contributed by atoms with Crippen molar-refractivity contribution in [2.45, 2.75) is 24.9 Å². The van der Waals surface area contributed by atoms with Crippen molar-refractivity contribution in [3.8, 4) is 0 Å². The Morgan fingerprint density at radius 3 is 2.50 bits per heavy atom. The van der Waals surface area contributed by atoms with Crippen LogP contribution in [0.15, 0.2) is 30.3 Å².